The molecule has 0 saturated carbocycles. The molecule has 0 fully saturated rings. The summed E-state index contributed by atoms with van der Waals surface area (Å²) in [4.78, 5) is 40.3. The second kappa shape index (κ2) is 7.78. The summed E-state index contributed by atoms with van der Waals surface area (Å²) in [6.45, 7) is 0.0679. The molecule has 0 aliphatic carbocycles. The molecule has 9 nitrogen and oxygen atoms in total. The minimum absolute atomic E-state index is 0.0640. The molecule has 2 heterocycles. The van der Waals surface area contributed by atoms with Crippen molar-refractivity contribution in [1.82, 2.24) is 18.7 Å². The van der Waals surface area contributed by atoms with Crippen molar-refractivity contribution in [2.24, 2.45) is 14.1 Å². The lowest BCUT2D eigenvalue weighted by atomic mass is 10.3. The lowest BCUT2D eigenvalue weighted by Crippen LogP contribution is -2.37. The highest BCUT2D eigenvalue weighted by molar-refractivity contribution is 9.10. The second-order valence-corrected chi connectivity index (χ2v) is 6.69. The number of aryl methyl sites for hydroxylation is 1. The van der Waals surface area contributed by atoms with E-state index in [-0.39, 0.29) is 30.9 Å². The highest BCUT2D eigenvalue weighted by atomic mass is 79.9. The summed E-state index contributed by atoms with van der Waals surface area (Å²) >= 11 is 3.35. The van der Waals surface area contributed by atoms with Crippen molar-refractivity contribution >= 4 is 33.1 Å². The average molecular weight is 437 g/mol. The molecule has 1 aromatic carbocycles. The van der Waals surface area contributed by atoms with Crippen molar-refractivity contribution in [2.45, 2.75) is 6.54 Å². The van der Waals surface area contributed by atoms with Crippen molar-refractivity contribution < 1.29 is 14.3 Å². The number of nitrogens with zero attached hydrogens (tertiary/aromatic N) is 4. The molecular formula is C17H17BrN4O5. The van der Waals surface area contributed by atoms with Crippen LogP contribution in [0.3, 0.4) is 0 Å². The standard InChI is InChI=1S/C17H17BrN4O5/c1-20-15-14(16(24)21(2)17(20)25)22(10-19-15)9-13(23)27-7-6-26-12-5-3-4-11(18)8-12/h3-5,8,10H,6-7,9H2,1-2H3. The minimum Gasteiger partial charge on any atom is -0.490 e. The first kappa shape index (κ1) is 18.9. The number of carbonyl (C=O) groups excluding carboxylic acids is 1. The van der Waals surface area contributed by atoms with Crippen LogP contribution >= 0.6 is 15.9 Å². The van der Waals surface area contributed by atoms with Crippen LogP contribution in [-0.4, -0.2) is 37.9 Å². The van der Waals surface area contributed by atoms with Gasteiger partial charge in [-0.15, -0.1) is 0 Å². The van der Waals surface area contributed by atoms with E-state index in [0.29, 0.717) is 5.75 Å². The van der Waals surface area contributed by atoms with Gasteiger partial charge in [0.15, 0.2) is 11.2 Å². The summed E-state index contributed by atoms with van der Waals surface area (Å²) in [5.74, 6) is 0.119. The number of hydrogen-bond acceptors (Lipinski definition) is 6. The largest absolute Gasteiger partial charge is 0.490 e. The van der Waals surface area contributed by atoms with Gasteiger partial charge < -0.3 is 14.0 Å². The van der Waals surface area contributed by atoms with Crippen LogP contribution in [0.1, 0.15) is 0 Å². The Kier molecular flexibility index (Phi) is 5.45. The molecule has 10 heteroatoms. The van der Waals surface area contributed by atoms with Crippen LogP contribution in [0.25, 0.3) is 11.2 Å². The molecule has 3 rings (SSSR count). The number of benzene rings is 1. The quantitative estimate of drug-likeness (QED) is 0.419. The SMILES string of the molecule is Cn1c(=O)c2c(ncn2CC(=O)OCCOc2cccc(Br)c2)n(C)c1=O. The number of imidazole rings is 1. The summed E-state index contributed by atoms with van der Waals surface area (Å²) in [6, 6.07) is 7.32. The van der Waals surface area contributed by atoms with Crippen LogP contribution in [0.4, 0.5) is 0 Å². The zero-order valence-corrected chi connectivity index (χ0v) is 16.3. The van der Waals surface area contributed by atoms with Gasteiger partial charge in [-0.25, -0.2) is 9.78 Å². The molecular weight excluding hydrogens is 420 g/mol. The third-order valence-corrected chi connectivity index (χ3v) is 4.42. The van der Waals surface area contributed by atoms with E-state index in [1.165, 1.54) is 29.6 Å². The summed E-state index contributed by atoms with van der Waals surface area (Å²) < 4.78 is 15.1. The maximum absolute atomic E-state index is 12.3. The van der Waals surface area contributed by atoms with Crippen LogP contribution in [0.15, 0.2) is 44.7 Å². The number of fused-ring (bicyclic) bond motifs is 1. The predicted octanol–water partition coefficient (Wildman–Crippen LogP) is 0.818. The Morgan fingerprint density at radius 1 is 1.19 bits per heavy atom. The molecule has 0 aliphatic rings. The third-order valence-electron chi connectivity index (χ3n) is 3.93. The van der Waals surface area contributed by atoms with Crippen molar-refractivity contribution in [1.29, 1.82) is 0 Å². The van der Waals surface area contributed by atoms with E-state index < -0.39 is 17.2 Å². The van der Waals surface area contributed by atoms with Crippen molar-refractivity contribution in [3.8, 4) is 5.75 Å². The smallest absolute Gasteiger partial charge is 0.332 e. The Balaban J connectivity index is 1.63. The first-order chi connectivity index (χ1) is 12.9. The Labute approximate surface area is 161 Å². The van der Waals surface area contributed by atoms with E-state index in [1.807, 2.05) is 12.1 Å². The Bertz CT molecular complexity index is 1110. The van der Waals surface area contributed by atoms with E-state index >= 15 is 0 Å². The maximum atomic E-state index is 12.3. The molecule has 3 aromatic rings. The van der Waals surface area contributed by atoms with Gasteiger partial charge in [-0.3, -0.25) is 18.7 Å². The Morgan fingerprint density at radius 2 is 1.96 bits per heavy atom. The number of aromatic nitrogens is 4. The number of carbonyl (C=O) groups is 1. The summed E-state index contributed by atoms with van der Waals surface area (Å²) in [5, 5.41) is 0. The Hall–Kier alpha value is -2.88. The molecule has 0 aliphatic heterocycles. The fraction of sp³-hybridized carbons (Fsp3) is 0.294. The minimum atomic E-state index is -0.539. The summed E-state index contributed by atoms with van der Waals surface area (Å²) in [5.41, 5.74) is -0.614. The van der Waals surface area contributed by atoms with E-state index in [2.05, 4.69) is 20.9 Å². The van der Waals surface area contributed by atoms with E-state index in [1.54, 1.807) is 12.1 Å². The monoisotopic (exact) mass is 436 g/mol. The summed E-state index contributed by atoms with van der Waals surface area (Å²) in [7, 11) is 2.89. The first-order valence-electron chi connectivity index (χ1n) is 8.03. The number of hydrogen-bond donors (Lipinski definition) is 0. The van der Waals surface area contributed by atoms with Gasteiger partial charge in [0.05, 0.1) is 6.33 Å². The number of esters is 1. The number of rotatable bonds is 6. The van der Waals surface area contributed by atoms with E-state index in [9.17, 15) is 14.4 Å². The van der Waals surface area contributed by atoms with Crippen molar-refractivity contribution in [2.75, 3.05) is 13.2 Å². The molecule has 27 heavy (non-hydrogen) atoms. The zero-order chi connectivity index (χ0) is 19.6. The highest BCUT2D eigenvalue weighted by Gasteiger charge is 2.16. The molecule has 0 radical (unpaired) electrons. The van der Waals surface area contributed by atoms with Gasteiger partial charge in [0.2, 0.25) is 0 Å². The van der Waals surface area contributed by atoms with Gasteiger partial charge in [0.1, 0.15) is 25.5 Å². The zero-order valence-electron chi connectivity index (χ0n) is 14.7. The fourth-order valence-electron chi connectivity index (χ4n) is 2.57. The molecule has 0 spiro atoms. The molecule has 2 aromatic heterocycles. The van der Waals surface area contributed by atoms with Crippen LogP contribution in [-0.2, 0) is 30.2 Å². The predicted molar refractivity (Wildman–Crippen MR) is 101 cm³/mol. The van der Waals surface area contributed by atoms with E-state index in [4.69, 9.17) is 9.47 Å². The van der Waals surface area contributed by atoms with Crippen molar-refractivity contribution in [3.63, 3.8) is 0 Å². The van der Waals surface area contributed by atoms with Gasteiger partial charge in [-0.1, -0.05) is 22.0 Å². The van der Waals surface area contributed by atoms with Crippen LogP contribution in [0, 0.1) is 0 Å². The molecule has 142 valence electrons. The molecule has 0 saturated heterocycles. The molecule has 0 N–H and O–H groups in total. The van der Waals surface area contributed by atoms with Gasteiger partial charge in [0.25, 0.3) is 5.56 Å². The lowest BCUT2D eigenvalue weighted by Gasteiger charge is -2.09. The lowest BCUT2D eigenvalue weighted by molar-refractivity contribution is -0.145. The van der Waals surface area contributed by atoms with Crippen molar-refractivity contribution in [3.05, 3.63) is 55.9 Å². The molecule has 0 bridgehead atoms. The highest BCUT2D eigenvalue weighted by Crippen LogP contribution is 2.17. The number of halogens is 1. The summed E-state index contributed by atoms with van der Waals surface area (Å²) in [6.07, 6.45) is 1.34. The maximum Gasteiger partial charge on any atom is 0.332 e. The van der Waals surface area contributed by atoms with E-state index in [0.717, 1.165) is 9.04 Å². The fourth-order valence-corrected chi connectivity index (χ4v) is 2.95. The normalized spacial score (nSPS) is 10.9. The van der Waals surface area contributed by atoms with Crippen LogP contribution in [0.5, 0.6) is 5.75 Å². The molecule has 0 amide bonds. The van der Waals surface area contributed by atoms with Gasteiger partial charge in [-0.2, -0.15) is 0 Å². The van der Waals surface area contributed by atoms with Gasteiger partial charge in [-0.05, 0) is 18.2 Å². The van der Waals surface area contributed by atoms with Gasteiger partial charge >= 0.3 is 11.7 Å². The third kappa shape index (κ3) is 3.95. The van der Waals surface area contributed by atoms with Crippen LogP contribution < -0.4 is 16.0 Å². The molecule has 0 atom stereocenters. The molecule has 0 unspecified atom stereocenters. The number of ether oxygens (including phenoxy) is 2. The Morgan fingerprint density at radius 3 is 2.70 bits per heavy atom. The van der Waals surface area contributed by atoms with Crippen LogP contribution in [0.2, 0.25) is 0 Å². The average Bonchev–Trinajstić information content (AvgIpc) is 3.05. The first-order valence-corrected chi connectivity index (χ1v) is 8.82. The second-order valence-electron chi connectivity index (χ2n) is 5.78. The van der Waals surface area contributed by atoms with Gasteiger partial charge in [0, 0.05) is 18.6 Å². The topological polar surface area (TPSA) is 97.3 Å².